The van der Waals surface area contributed by atoms with Crippen molar-refractivity contribution in [3.05, 3.63) is 53.7 Å². The lowest BCUT2D eigenvalue weighted by molar-refractivity contribution is -0.118. The van der Waals surface area contributed by atoms with Crippen LogP contribution >= 0.6 is 0 Å². The molecule has 0 spiro atoms. The molecule has 1 aromatic carbocycles. The molecular formula is C21H25N5O2. The van der Waals surface area contributed by atoms with Crippen LogP contribution in [0.4, 0.5) is 10.6 Å². The van der Waals surface area contributed by atoms with Gasteiger partial charge in [-0.15, -0.1) is 0 Å². The van der Waals surface area contributed by atoms with Crippen molar-refractivity contribution < 1.29 is 9.59 Å². The number of carbonyl (C=O) groups excluding carboxylic acids is 2. The van der Waals surface area contributed by atoms with E-state index in [-0.39, 0.29) is 11.9 Å². The average molecular weight is 379 g/mol. The maximum Gasteiger partial charge on any atom is 0.318 e. The minimum Gasteiger partial charge on any atom is -0.326 e. The van der Waals surface area contributed by atoms with Crippen LogP contribution in [-0.2, 0) is 11.8 Å². The zero-order chi connectivity index (χ0) is 19.7. The molecule has 0 aliphatic carbocycles. The van der Waals surface area contributed by atoms with Gasteiger partial charge in [-0.1, -0.05) is 36.4 Å². The average Bonchev–Trinajstić information content (AvgIpc) is 3.23. The number of aromatic nitrogens is 2. The molecule has 1 atom stereocenters. The number of benzene rings is 1. The first kappa shape index (κ1) is 18.3. The lowest BCUT2D eigenvalue weighted by atomic mass is 10.0. The Labute approximate surface area is 164 Å². The summed E-state index contributed by atoms with van der Waals surface area (Å²) < 4.78 is 1.71. The standard InChI is InChI=1S/C21H25N5O2/c1-15-13-19(24(2)23-15)26-12-10-18(20(26)27)22-21(28)25-11-6-9-17(14-25)16-7-4-3-5-8-16/h3-5,7-9,13,18H,6,10-12,14H2,1-2H3,(H,22,28). The highest BCUT2D eigenvalue weighted by Crippen LogP contribution is 2.23. The highest BCUT2D eigenvalue weighted by molar-refractivity contribution is 6.00. The molecule has 7 nitrogen and oxygen atoms in total. The monoisotopic (exact) mass is 379 g/mol. The van der Waals surface area contributed by atoms with E-state index in [2.05, 4.69) is 28.6 Å². The van der Waals surface area contributed by atoms with Crippen molar-refractivity contribution in [2.24, 2.45) is 7.05 Å². The predicted molar refractivity (Wildman–Crippen MR) is 108 cm³/mol. The van der Waals surface area contributed by atoms with Gasteiger partial charge >= 0.3 is 6.03 Å². The number of nitrogens with one attached hydrogen (secondary N) is 1. The van der Waals surface area contributed by atoms with Gasteiger partial charge in [0.05, 0.1) is 5.69 Å². The topological polar surface area (TPSA) is 70.5 Å². The number of rotatable bonds is 3. The van der Waals surface area contributed by atoms with E-state index in [1.54, 1.807) is 14.5 Å². The highest BCUT2D eigenvalue weighted by Gasteiger charge is 2.36. The van der Waals surface area contributed by atoms with Crippen LogP contribution in [0.5, 0.6) is 0 Å². The summed E-state index contributed by atoms with van der Waals surface area (Å²) in [6.45, 7) is 3.70. The second-order valence-corrected chi connectivity index (χ2v) is 7.35. The molecule has 1 fully saturated rings. The molecule has 0 radical (unpaired) electrons. The van der Waals surface area contributed by atoms with Crippen molar-refractivity contribution in [2.45, 2.75) is 25.8 Å². The van der Waals surface area contributed by atoms with E-state index in [0.29, 0.717) is 26.1 Å². The lowest BCUT2D eigenvalue weighted by Crippen LogP contribution is -2.49. The van der Waals surface area contributed by atoms with Crippen LogP contribution in [0.25, 0.3) is 5.57 Å². The highest BCUT2D eigenvalue weighted by atomic mass is 16.2. The van der Waals surface area contributed by atoms with Gasteiger partial charge < -0.3 is 10.2 Å². The third kappa shape index (κ3) is 3.52. The van der Waals surface area contributed by atoms with E-state index >= 15 is 0 Å². The van der Waals surface area contributed by atoms with Gasteiger partial charge in [0, 0.05) is 32.7 Å². The Morgan fingerprint density at radius 2 is 2.00 bits per heavy atom. The number of anilines is 1. The van der Waals surface area contributed by atoms with Gasteiger partial charge in [0.15, 0.2) is 0 Å². The van der Waals surface area contributed by atoms with Crippen LogP contribution < -0.4 is 10.2 Å². The molecule has 0 bridgehead atoms. The number of hydrogen-bond acceptors (Lipinski definition) is 3. The molecule has 1 N–H and O–H groups in total. The number of aryl methyl sites for hydroxylation is 2. The molecule has 0 saturated carbocycles. The van der Waals surface area contributed by atoms with Crippen LogP contribution in [0.2, 0.25) is 0 Å². The lowest BCUT2D eigenvalue weighted by Gasteiger charge is -2.29. The van der Waals surface area contributed by atoms with Gasteiger partial charge in [0.1, 0.15) is 11.9 Å². The van der Waals surface area contributed by atoms with Crippen LogP contribution in [0.1, 0.15) is 24.1 Å². The van der Waals surface area contributed by atoms with Crippen LogP contribution in [0, 0.1) is 6.92 Å². The molecule has 1 aromatic heterocycles. The van der Waals surface area contributed by atoms with E-state index < -0.39 is 6.04 Å². The number of amides is 3. The maximum atomic E-state index is 12.8. The zero-order valence-corrected chi connectivity index (χ0v) is 16.3. The summed E-state index contributed by atoms with van der Waals surface area (Å²) in [5.74, 6) is 0.693. The second-order valence-electron chi connectivity index (χ2n) is 7.35. The smallest absolute Gasteiger partial charge is 0.318 e. The van der Waals surface area contributed by atoms with E-state index in [1.807, 2.05) is 38.2 Å². The first-order chi connectivity index (χ1) is 13.5. The van der Waals surface area contributed by atoms with Crippen molar-refractivity contribution >= 4 is 23.3 Å². The van der Waals surface area contributed by atoms with E-state index in [9.17, 15) is 9.59 Å². The van der Waals surface area contributed by atoms with E-state index in [0.717, 1.165) is 29.1 Å². The van der Waals surface area contributed by atoms with Gasteiger partial charge in [0.2, 0.25) is 0 Å². The normalized spacial score (nSPS) is 19.7. The molecule has 1 saturated heterocycles. The maximum absolute atomic E-state index is 12.8. The molecule has 4 rings (SSSR count). The molecule has 7 heteroatoms. The fourth-order valence-electron chi connectivity index (χ4n) is 3.91. The van der Waals surface area contributed by atoms with Crippen molar-refractivity contribution in [3.8, 4) is 0 Å². The van der Waals surface area contributed by atoms with Crippen molar-refractivity contribution in [2.75, 3.05) is 24.5 Å². The predicted octanol–water partition coefficient (Wildman–Crippen LogP) is 2.33. The van der Waals surface area contributed by atoms with Crippen molar-refractivity contribution in [1.29, 1.82) is 0 Å². The summed E-state index contributed by atoms with van der Waals surface area (Å²) in [6, 6.07) is 11.3. The van der Waals surface area contributed by atoms with Gasteiger partial charge in [-0.3, -0.25) is 14.4 Å². The Morgan fingerprint density at radius 3 is 2.71 bits per heavy atom. The summed E-state index contributed by atoms with van der Waals surface area (Å²) in [5, 5.41) is 7.24. The number of hydrogen-bond donors (Lipinski definition) is 1. The summed E-state index contributed by atoms with van der Waals surface area (Å²) in [6.07, 6.45) is 3.60. The summed E-state index contributed by atoms with van der Waals surface area (Å²) in [5.41, 5.74) is 3.15. The minimum absolute atomic E-state index is 0.0767. The third-order valence-corrected chi connectivity index (χ3v) is 5.34. The first-order valence-electron chi connectivity index (χ1n) is 9.65. The molecule has 2 aliphatic rings. The number of urea groups is 1. The Hall–Kier alpha value is -3.09. The summed E-state index contributed by atoms with van der Waals surface area (Å²) in [7, 11) is 1.83. The Bertz CT molecular complexity index is 918. The fraction of sp³-hybridized carbons (Fsp3) is 0.381. The van der Waals surface area contributed by atoms with E-state index in [1.165, 1.54) is 0 Å². The van der Waals surface area contributed by atoms with Crippen LogP contribution in [-0.4, -0.2) is 52.3 Å². The molecule has 28 heavy (non-hydrogen) atoms. The quantitative estimate of drug-likeness (QED) is 0.890. The van der Waals surface area contributed by atoms with Crippen LogP contribution in [0.3, 0.4) is 0 Å². The van der Waals surface area contributed by atoms with Crippen LogP contribution in [0.15, 0.2) is 42.5 Å². The minimum atomic E-state index is -0.492. The van der Waals surface area contributed by atoms with Crippen molar-refractivity contribution in [3.63, 3.8) is 0 Å². The Morgan fingerprint density at radius 1 is 1.21 bits per heavy atom. The SMILES string of the molecule is Cc1cc(N2CCC(NC(=O)N3CCC=C(c4ccccc4)C3)C2=O)n(C)n1. The van der Waals surface area contributed by atoms with E-state index in [4.69, 9.17) is 0 Å². The molecule has 2 aromatic rings. The zero-order valence-electron chi connectivity index (χ0n) is 16.3. The van der Waals surface area contributed by atoms with Gasteiger partial charge in [-0.25, -0.2) is 4.79 Å². The van der Waals surface area contributed by atoms with Crippen molar-refractivity contribution in [1.82, 2.24) is 20.0 Å². The fourth-order valence-corrected chi connectivity index (χ4v) is 3.91. The van der Waals surface area contributed by atoms with Gasteiger partial charge in [-0.2, -0.15) is 5.10 Å². The van der Waals surface area contributed by atoms with Gasteiger partial charge in [0.25, 0.3) is 5.91 Å². The molecule has 3 heterocycles. The largest absolute Gasteiger partial charge is 0.326 e. The molecule has 1 unspecified atom stereocenters. The second kappa shape index (κ2) is 7.50. The molecule has 2 aliphatic heterocycles. The molecular weight excluding hydrogens is 354 g/mol. The Kier molecular flexibility index (Phi) is 4.90. The summed E-state index contributed by atoms with van der Waals surface area (Å²) >= 11 is 0. The Balaban J connectivity index is 1.40. The third-order valence-electron chi connectivity index (χ3n) is 5.34. The molecule has 3 amide bonds. The number of carbonyl (C=O) groups is 2. The van der Waals surface area contributed by atoms with Gasteiger partial charge in [-0.05, 0) is 30.9 Å². The summed E-state index contributed by atoms with van der Waals surface area (Å²) in [4.78, 5) is 29.1. The molecule has 146 valence electrons. The number of nitrogens with zero attached hydrogens (tertiary/aromatic N) is 4. The first-order valence-corrected chi connectivity index (χ1v) is 9.65.